The third kappa shape index (κ3) is 3.31. The van der Waals surface area contributed by atoms with E-state index in [0.29, 0.717) is 5.16 Å². The minimum atomic E-state index is -0.353. The lowest BCUT2D eigenvalue weighted by atomic mass is 9.53. The number of aromatic nitrogens is 3. The lowest BCUT2D eigenvalue weighted by Crippen LogP contribution is -2.61. The van der Waals surface area contributed by atoms with E-state index < -0.39 is 0 Å². The zero-order chi connectivity index (χ0) is 18.4. The molecule has 142 valence electrons. The molecule has 2 heterocycles. The molecule has 7 nitrogen and oxygen atoms in total. The Morgan fingerprint density at radius 1 is 1.11 bits per heavy atom. The summed E-state index contributed by atoms with van der Waals surface area (Å²) in [6, 6.07) is 5.28. The summed E-state index contributed by atoms with van der Waals surface area (Å²) >= 11 is 1.27. The average Bonchev–Trinajstić information content (AvgIpc) is 3.01. The van der Waals surface area contributed by atoms with E-state index in [0.717, 1.165) is 42.7 Å². The van der Waals surface area contributed by atoms with Crippen LogP contribution in [0.15, 0.2) is 29.6 Å². The van der Waals surface area contributed by atoms with Crippen molar-refractivity contribution in [2.75, 3.05) is 5.75 Å². The van der Waals surface area contributed by atoms with Crippen molar-refractivity contribution in [2.45, 2.75) is 49.2 Å². The Morgan fingerprint density at radius 3 is 2.52 bits per heavy atom. The number of nitrogens with zero attached hydrogens (tertiary/aromatic N) is 3. The fourth-order valence-electron chi connectivity index (χ4n) is 5.75. The Kier molecular flexibility index (Phi) is 4.11. The number of hydrogen-bond acceptors (Lipinski definition) is 5. The van der Waals surface area contributed by atoms with Crippen LogP contribution in [0.3, 0.4) is 0 Å². The van der Waals surface area contributed by atoms with Gasteiger partial charge in [-0.15, -0.1) is 10.2 Å². The number of urea groups is 1. The Balaban J connectivity index is 1.16. The second-order valence-electron chi connectivity index (χ2n) is 8.40. The lowest BCUT2D eigenvalue weighted by Gasteiger charge is -2.56. The third-order valence-corrected chi connectivity index (χ3v) is 7.23. The van der Waals surface area contributed by atoms with Crippen LogP contribution < -0.4 is 10.6 Å². The van der Waals surface area contributed by atoms with Crippen LogP contribution in [-0.2, 0) is 4.79 Å². The maximum atomic E-state index is 12.4. The molecule has 27 heavy (non-hydrogen) atoms. The van der Waals surface area contributed by atoms with Crippen LogP contribution in [0.5, 0.6) is 0 Å². The summed E-state index contributed by atoms with van der Waals surface area (Å²) in [5, 5.41) is 14.5. The van der Waals surface area contributed by atoms with Gasteiger partial charge in [0.15, 0.2) is 10.8 Å². The van der Waals surface area contributed by atoms with Crippen molar-refractivity contribution in [1.29, 1.82) is 0 Å². The van der Waals surface area contributed by atoms with Crippen molar-refractivity contribution in [2.24, 2.45) is 17.8 Å². The number of thioether (sulfide) groups is 1. The van der Waals surface area contributed by atoms with Crippen LogP contribution in [0, 0.1) is 17.8 Å². The number of amides is 3. The number of imide groups is 1. The van der Waals surface area contributed by atoms with Gasteiger partial charge in [-0.1, -0.05) is 17.8 Å². The summed E-state index contributed by atoms with van der Waals surface area (Å²) < 4.78 is 1.83. The van der Waals surface area contributed by atoms with Crippen LogP contribution in [0.4, 0.5) is 4.79 Å². The SMILES string of the molecule is O=C(CSc1nnc2ccccn12)NC(=O)NC12CC3CC(CC(C3)C1)C2. The predicted molar refractivity (Wildman–Crippen MR) is 101 cm³/mol. The first-order valence-electron chi connectivity index (χ1n) is 9.63. The van der Waals surface area contributed by atoms with E-state index in [1.165, 1.54) is 31.0 Å². The van der Waals surface area contributed by atoms with Crippen LogP contribution in [0.2, 0.25) is 0 Å². The minimum absolute atomic E-state index is 0.0878. The molecule has 0 radical (unpaired) electrons. The second-order valence-corrected chi connectivity index (χ2v) is 9.34. The first kappa shape index (κ1) is 17.0. The van der Waals surface area contributed by atoms with Crippen molar-refractivity contribution < 1.29 is 9.59 Å². The van der Waals surface area contributed by atoms with Crippen LogP contribution in [0.1, 0.15) is 38.5 Å². The average molecular weight is 385 g/mol. The van der Waals surface area contributed by atoms with Gasteiger partial charge in [0.2, 0.25) is 5.91 Å². The first-order chi connectivity index (χ1) is 13.1. The summed E-state index contributed by atoms with van der Waals surface area (Å²) in [5.74, 6) is 2.08. The molecule has 0 atom stereocenters. The zero-order valence-corrected chi connectivity index (χ0v) is 15.9. The molecule has 0 aromatic carbocycles. The van der Waals surface area contributed by atoms with E-state index in [9.17, 15) is 9.59 Å². The van der Waals surface area contributed by atoms with E-state index in [4.69, 9.17) is 0 Å². The molecule has 4 bridgehead atoms. The first-order valence-corrected chi connectivity index (χ1v) is 10.6. The molecule has 0 aliphatic heterocycles. The standard InChI is InChI=1S/C19H23N5O2S/c25-16(11-27-18-23-22-15-3-1-2-4-24(15)18)20-17(26)21-19-8-12-5-13(9-19)7-14(6-12)10-19/h1-4,12-14H,5-11H2,(H2,20,21,25,26). The number of pyridine rings is 1. The van der Waals surface area contributed by atoms with Gasteiger partial charge in [0.1, 0.15) is 0 Å². The number of nitrogens with one attached hydrogen (secondary N) is 2. The van der Waals surface area contributed by atoms with Crippen LogP contribution in [0.25, 0.3) is 5.65 Å². The van der Waals surface area contributed by atoms with E-state index in [2.05, 4.69) is 20.8 Å². The van der Waals surface area contributed by atoms with Gasteiger partial charge in [-0.25, -0.2) is 4.79 Å². The van der Waals surface area contributed by atoms with Crippen molar-refractivity contribution in [3.05, 3.63) is 24.4 Å². The normalized spacial score (nSPS) is 31.2. The molecule has 2 N–H and O–H groups in total. The van der Waals surface area contributed by atoms with Gasteiger partial charge in [0, 0.05) is 11.7 Å². The minimum Gasteiger partial charge on any atom is -0.332 e. The quantitative estimate of drug-likeness (QED) is 0.790. The monoisotopic (exact) mass is 385 g/mol. The second kappa shape index (κ2) is 6.51. The molecule has 4 fully saturated rings. The highest BCUT2D eigenvalue weighted by Gasteiger charge is 2.51. The molecular formula is C19H23N5O2S. The molecular weight excluding hydrogens is 362 g/mol. The van der Waals surface area contributed by atoms with E-state index in [1.807, 2.05) is 28.8 Å². The molecule has 4 aliphatic rings. The van der Waals surface area contributed by atoms with Gasteiger partial charge in [-0.2, -0.15) is 0 Å². The van der Waals surface area contributed by atoms with Gasteiger partial charge in [-0.3, -0.25) is 14.5 Å². The topological polar surface area (TPSA) is 88.4 Å². The highest BCUT2D eigenvalue weighted by molar-refractivity contribution is 7.99. The lowest BCUT2D eigenvalue weighted by molar-refractivity contribution is -0.117. The van der Waals surface area contributed by atoms with Crippen molar-refractivity contribution >= 4 is 29.3 Å². The number of hydrogen-bond donors (Lipinski definition) is 2. The van der Waals surface area contributed by atoms with Gasteiger partial charge in [0.25, 0.3) is 0 Å². The fourth-order valence-corrected chi connectivity index (χ4v) is 6.47. The zero-order valence-electron chi connectivity index (χ0n) is 15.1. The van der Waals surface area contributed by atoms with Gasteiger partial charge < -0.3 is 5.32 Å². The molecule has 4 saturated carbocycles. The Hall–Kier alpha value is -2.09. The maximum Gasteiger partial charge on any atom is 0.321 e. The Bertz CT molecular complexity index is 860. The smallest absolute Gasteiger partial charge is 0.321 e. The Labute approximate surface area is 161 Å². The summed E-state index contributed by atoms with van der Waals surface area (Å²) in [6.07, 6.45) is 9.04. The summed E-state index contributed by atoms with van der Waals surface area (Å²) in [6.45, 7) is 0. The highest BCUT2D eigenvalue weighted by atomic mass is 32.2. The molecule has 0 saturated heterocycles. The van der Waals surface area contributed by atoms with Crippen LogP contribution >= 0.6 is 11.8 Å². The molecule has 8 heteroatoms. The van der Waals surface area contributed by atoms with Crippen molar-refractivity contribution in [3.8, 4) is 0 Å². The predicted octanol–water partition coefficient (Wildman–Crippen LogP) is 2.62. The maximum absolute atomic E-state index is 12.4. The number of rotatable bonds is 4. The summed E-state index contributed by atoms with van der Waals surface area (Å²) in [4.78, 5) is 24.6. The van der Waals surface area contributed by atoms with Crippen molar-refractivity contribution in [3.63, 3.8) is 0 Å². The summed E-state index contributed by atoms with van der Waals surface area (Å²) in [7, 11) is 0. The molecule has 3 amide bonds. The Morgan fingerprint density at radius 2 is 1.81 bits per heavy atom. The summed E-state index contributed by atoms with van der Waals surface area (Å²) in [5.41, 5.74) is 0.648. The number of carbonyl (C=O) groups excluding carboxylic acids is 2. The molecule has 2 aromatic heterocycles. The van der Waals surface area contributed by atoms with Gasteiger partial charge in [-0.05, 0) is 68.4 Å². The molecule has 2 aromatic rings. The largest absolute Gasteiger partial charge is 0.332 e. The van der Waals surface area contributed by atoms with Gasteiger partial charge >= 0.3 is 6.03 Å². The van der Waals surface area contributed by atoms with E-state index in [1.54, 1.807) is 0 Å². The molecule has 6 rings (SSSR count). The van der Waals surface area contributed by atoms with Crippen LogP contribution in [-0.4, -0.2) is 37.8 Å². The van der Waals surface area contributed by atoms with Gasteiger partial charge in [0.05, 0.1) is 5.75 Å². The number of fused-ring (bicyclic) bond motifs is 1. The fraction of sp³-hybridized carbons (Fsp3) is 0.579. The molecule has 4 aliphatic carbocycles. The third-order valence-electron chi connectivity index (χ3n) is 6.28. The number of carbonyl (C=O) groups is 2. The van der Waals surface area contributed by atoms with E-state index >= 15 is 0 Å². The highest BCUT2D eigenvalue weighted by Crippen LogP contribution is 2.55. The molecule has 0 spiro atoms. The molecule has 0 unspecified atom stereocenters. The van der Waals surface area contributed by atoms with E-state index in [-0.39, 0.29) is 23.2 Å². The van der Waals surface area contributed by atoms with Crippen molar-refractivity contribution in [1.82, 2.24) is 25.2 Å².